The van der Waals surface area contributed by atoms with E-state index in [1.165, 1.54) is 0 Å². The van der Waals surface area contributed by atoms with Crippen LogP contribution >= 0.6 is 11.3 Å². The quantitative estimate of drug-likeness (QED) is 0.659. The average Bonchev–Trinajstić information content (AvgIpc) is 3.33. The zero-order valence-corrected chi connectivity index (χ0v) is 17.1. The van der Waals surface area contributed by atoms with E-state index < -0.39 is 0 Å². The molecule has 1 aliphatic rings. The van der Waals surface area contributed by atoms with Gasteiger partial charge >= 0.3 is 0 Å². The van der Waals surface area contributed by atoms with Crippen molar-refractivity contribution >= 4 is 11.3 Å². The highest BCUT2D eigenvalue weighted by atomic mass is 32.1. The largest absolute Gasteiger partial charge is 0.493 e. The van der Waals surface area contributed by atoms with Gasteiger partial charge in [0.1, 0.15) is 11.6 Å². The lowest BCUT2D eigenvalue weighted by Crippen LogP contribution is -2.20. The minimum Gasteiger partial charge on any atom is -0.493 e. The van der Waals surface area contributed by atoms with Gasteiger partial charge in [-0.3, -0.25) is 5.10 Å². The molecule has 0 saturated heterocycles. The molecular formula is C21H20N4O3S. The molecule has 0 saturated carbocycles. The Morgan fingerprint density at radius 1 is 1.31 bits per heavy atom. The summed E-state index contributed by atoms with van der Waals surface area (Å²) in [7, 11) is 1.60. The molecule has 1 aromatic carbocycles. The molecular weight excluding hydrogens is 388 g/mol. The van der Waals surface area contributed by atoms with Gasteiger partial charge in [-0.25, -0.2) is 0 Å². The molecule has 29 heavy (non-hydrogen) atoms. The number of nitrogens with zero attached hydrogens (tertiary/aromatic N) is 2. The summed E-state index contributed by atoms with van der Waals surface area (Å²) in [4.78, 5) is 2.16. The number of nitriles is 1. The van der Waals surface area contributed by atoms with Gasteiger partial charge in [0.05, 0.1) is 30.9 Å². The number of hydrogen-bond acceptors (Lipinski definition) is 7. The van der Waals surface area contributed by atoms with Gasteiger partial charge in [0.25, 0.3) is 0 Å². The highest BCUT2D eigenvalue weighted by molar-refractivity contribution is 7.12. The number of aromatic nitrogens is 2. The van der Waals surface area contributed by atoms with Crippen LogP contribution in [0.25, 0.3) is 11.3 Å². The van der Waals surface area contributed by atoms with Gasteiger partial charge in [-0.15, -0.1) is 16.4 Å². The maximum absolute atomic E-state index is 9.77. The normalized spacial score (nSPS) is 15.4. The number of nitrogens with two attached hydrogens (primary N) is 1. The Kier molecular flexibility index (Phi) is 4.91. The number of allylic oxidation sites excluding steroid dienone is 1. The summed E-state index contributed by atoms with van der Waals surface area (Å²) in [6, 6.07) is 11.9. The minimum atomic E-state index is -0.353. The van der Waals surface area contributed by atoms with Crippen molar-refractivity contribution < 1.29 is 14.2 Å². The Labute approximate surface area is 172 Å². The molecule has 4 rings (SSSR count). The zero-order chi connectivity index (χ0) is 20.5. The highest BCUT2D eigenvalue weighted by Crippen LogP contribution is 2.47. The molecule has 0 radical (unpaired) electrons. The summed E-state index contributed by atoms with van der Waals surface area (Å²) in [5.74, 6) is 1.38. The van der Waals surface area contributed by atoms with Gasteiger partial charge in [-0.1, -0.05) is 0 Å². The molecule has 0 bridgehead atoms. The Morgan fingerprint density at radius 3 is 2.79 bits per heavy atom. The zero-order valence-electron chi connectivity index (χ0n) is 16.3. The molecule has 3 aromatic rings. The predicted octanol–water partition coefficient (Wildman–Crippen LogP) is 4.07. The van der Waals surface area contributed by atoms with Gasteiger partial charge in [-0.2, -0.15) is 5.26 Å². The molecule has 8 heteroatoms. The van der Waals surface area contributed by atoms with Crippen LogP contribution in [-0.4, -0.2) is 23.9 Å². The van der Waals surface area contributed by atoms with Gasteiger partial charge in [0.2, 0.25) is 11.8 Å². The number of ether oxygens (including phenoxy) is 3. The monoisotopic (exact) mass is 408 g/mol. The number of hydrogen-bond donors (Lipinski definition) is 2. The van der Waals surface area contributed by atoms with Crippen molar-refractivity contribution in [2.24, 2.45) is 5.73 Å². The Bertz CT molecular complexity index is 1140. The molecule has 0 aliphatic carbocycles. The number of rotatable bonds is 5. The van der Waals surface area contributed by atoms with Crippen LogP contribution in [-0.2, 0) is 0 Å². The molecule has 3 heterocycles. The first-order valence-electron chi connectivity index (χ1n) is 9.10. The molecule has 148 valence electrons. The van der Waals surface area contributed by atoms with Crippen LogP contribution in [0.4, 0.5) is 0 Å². The fraction of sp³-hybridized carbons (Fsp3) is 0.238. The summed E-state index contributed by atoms with van der Waals surface area (Å²) in [5.41, 5.74) is 8.78. The summed E-state index contributed by atoms with van der Waals surface area (Å²) >= 11 is 1.62. The number of H-pyrrole nitrogens is 1. The number of aryl methyl sites for hydroxylation is 1. The number of aromatic amines is 1. The van der Waals surface area contributed by atoms with Crippen molar-refractivity contribution in [1.82, 2.24) is 10.2 Å². The molecule has 7 nitrogen and oxygen atoms in total. The fourth-order valence-corrected chi connectivity index (χ4v) is 4.45. The van der Waals surface area contributed by atoms with Crippen molar-refractivity contribution in [2.75, 3.05) is 13.7 Å². The van der Waals surface area contributed by atoms with E-state index in [0.29, 0.717) is 29.6 Å². The molecule has 1 aliphatic heterocycles. The molecule has 1 atom stereocenters. The summed E-state index contributed by atoms with van der Waals surface area (Å²) in [6.45, 7) is 4.49. The summed E-state index contributed by atoms with van der Waals surface area (Å²) < 4.78 is 16.8. The minimum absolute atomic E-state index is 0.0818. The summed E-state index contributed by atoms with van der Waals surface area (Å²) in [5, 5.41) is 17.1. The molecule has 0 amide bonds. The second-order valence-corrected chi connectivity index (χ2v) is 7.81. The van der Waals surface area contributed by atoms with E-state index in [1.54, 1.807) is 18.4 Å². The number of fused-ring (bicyclic) bond motifs is 1. The fourth-order valence-electron chi connectivity index (χ4n) is 3.46. The highest BCUT2D eigenvalue weighted by Gasteiger charge is 2.36. The van der Waals surface area contributed by atoms with Crippen molar-refractivity contribution in [2.45, 2.75) is 19.8 Å². The van der Waals surface area contributed by atoms with Crippen LogP contribution in [0.5, 0.6) is 17.4 Å². The number of thiophene rings is 1. The topological polar surface area (TPSA) is 106 Å². The SMILES string of the molecule is CCOc1ccc(-c2[nH]nc3c2C(c2ccc(C)s2)C(C#N)=C(N)O3)cc1OC. The smallest absolute Gasteiger partial charge is 0.244 e. The van der Waals surface area contributed by atoms with Crippen LogP contribution in [0.1, 0.15) is 28.2 Å². The maximum Gasteiger partial charge on any atom is 0.244 e. The molecule has 2 aromatic heterocycles. The van der Waals surface area contributed by atoms with Crippen LogP contribution in [0.2, 0.25) is 0 Å². The lowest BCUT2D eigenvalue weighted by Gasteiger charge is -2.23. The summed E-state index contributed by atoms with van der Waals surface area (Å²) in [6.07, 6.45) is 0. The van der Waals surface area contributed by atoms with E-state index in [-0.39, 0.29) is 11.8 Å². The maximum atomic E-state index is 9.77. The van der Waals surface area contributed by atoms with E-state index in [1.807, 2.05) is 44.2 Å². The third-order valence-corrected chi connectivity index (χ3v) is 5.80. The first kappa shape index (κ1) is 18.9. The van der Waals surface area contributed by atoms with Crippen molar-refractivity contribution in [3.05, 3.63) is 57.1 Å². The van der Waals surface area contributed by atoms with E-state index in [4.69, 9.17) is 19.9 Å². The second-order valence-electron chi connectivity index (χ2n) is 6.49. The molecule has 0 spiro atoms. The Morgan fingerprint density at radius 2 is 2.14 bits per heavy atom. The molecule has 1 unspecified atom stereocenters. The molecule has 0 fully saturated rings. The number of methoxy groups -OCH3 is 1. The first-order valence-corrected chi connectivity index (χ1v) is 9.92. The Hall–Kier alpha value is -3.44. The van der Waals surface area contributed by atoms with E-state index in [0.717, 1.165) is 26.6 Å². The Balaban J connectivity index is 1.88. The van der Waals surface area contributed by atoms with Gasteiger partial charge in [-0.05, 0) is 44.2 Å². The van der Waals surface area contributed by atoms with Crippen LogP contribution < -0.4 is 19.9 Å². The number of nitrogens with one attached hydrogen (secondary N) is 1. The van der Waals surface area contributed by atoms with Crippen molar-refractivity contribution in [3.8, 4) is 34.7 Å². The average molecular weight is 408 g/mol. The second kappa shape index (κ2) is 7.53. The van der Waals surface area contributed by atoms with Gasteiger partial charge in [0.15, 0.2) is 11.5 Å². The first-order chi connectivity index (χ1) is 14.1. The molecule has 3 N–H and O–H groups in total. The van der Waals surface area contributed by atoms with Gasteiger partial charge in [0, 0.05) is 15.3 Å². The lowest BCUT2D eigenvalue weighted by molar-refractivity contribution is 0.311. The van der Waals surface area contributed by atoms with E-state index in [9.17, 15) is 5.26 Å². The third-order valence-electron chi connectivity index (χ3n) is 4.74. The van der Waals surface area contributed by atoms with E-state index in [2.05, 4.69) is 16.3 Å². The van der Waals surface area contributed by atoms with Crippen LogP contribution in [0, 0.1) is 18.3 Å². The van der Waals surface area contributed by atoms with Crippen LogP contribution in [0.3, 0.4) is 0 Å². The number of benzene rings is 1. The lowest BCUT2D eigenvalue weighted by atomic mass is 9.87. The van der Waals surface area contributed by atoms with Crippen LogP contribution in [0.15, 0.2) is 41.8 Å². The third kappa shape index (κ3) is 3.19. The van der Waals surface area contributed by atoms with Crippen molar-refractivity contribution in [1.29, 1.82) is 5.26 Å². The van der Waals surface area contributed by atoms with E-state index >= 15 is 0 Å². The van der Waals surface area contributed by atoms with Gasteiger partial charge < -0.3 is 19.9 Å². The predicted molar refractivity (Wildman–Crippen MR) is 110 cm³/mol. The standard InChI is InChI=1S/C21H20N4O3S/c1-4-27-14-7-6-12(9-15(14)26-3)19-18-17(16-8-5-11(2)29-16)13(10-22)20(23)28-21(18)25-24-19/h5-9,17H,4,23H2,1-3H3,(H,24,25). The van der Waals surface area contributed by atoms with Crippen molar-refractivity contribution in [3.63, 3.8) is 0 Å².